The van der Waals surface area contributed by atoms with E-state index >= 15 is 0 Å². The van der Waals surface area contributed by atoms with Gasteiger partial charge in [-0.1, -0.05) is 19.8 Å². The quantitative estimate of drug-likeness (QED) is 0.433. The number of ether oxygens (including phenoxy) is 4. The fourth-order valence-electron chi connectivity index (χ4n) is 2.36. The molecule has 6 heteroatoms. The molecule has 0 radical (unpaired) electrons. The molecule has 0 spiro atoms. The van der Waals surface area contributed by atoms with E-state index in [1.165, 1.54) is 0 Å². The fourth-order valence-corrected chi connectivity index (χ4v) is 2.36. The van der Waals surface area contributed by atoms with E-state index in [2.05, 4.69) is 6.92 Å². The fraction of sp³-hybridized carbons (Fsp3) is 0.556. The molecule has 0 bridgehead atoms. The summed E-state index contributed by atoms with van der Waals surface area (Å²) < 4.78 is 21.5. The molecule has 1 fully saturated rings. The smallest absolute Gasteiger partial charge is 0.336 e. The van der Waals surface area contributed by atoms with Crippen molar-refractivity contribution in [1.82, 2.24) is 0 Å². The third-order valence-electron chi connectivity index (χ3n) is 3.95. The standard InChI is InChI=1S/C18H23NO5/c1-3-4-5-6-16-22-12-18(11-19,13-23-16)17(20)24-15-9-7-14(21-2)8-10-15/h7-10,16H,3-6,12-13H2,1-2H3. The molecule has 0 N–H and O–H groups in total. The lowest BCUT2D eigenvalue weighted by molar-refractivity contribution is -0.223. The summed E-state index contributed by atoms with van der Waals surface area (Å²) in [6.45, 7) is 2.09. The topological polar surface area (TPSA) is 77.8 Å². The maximum absolute atomic E-state index is 12.4. The first-order chi connectivity index (χ1) is 11.6. The molecule has 1 aromatic carbocycles. The zero-order valence-electron chi connectivity index (χ0n) is 14.1. The molecule has 1 saturated heterocycles. The van der Waals surface area contributed by atoms with Gasteiger partial charge >= 0.3 is 5.97 Å². The van der Waals surface area contributed by atoms with Gasteiger partial charge in [0.05, 0.1) is 26.4 Å². The number of carbonyl (C=O) groups excluding carboxylic acids is 1. The Morgan fingerprint density at radius 3 is 2.42 bits per heavy atom. The third-order valence-corrected chi connectivity index (χ3v) is 3.95. The van der Waals surface area contributed by atoms with Crippen molar-refractivity contribution in [2.75, 3.05) is 20.3 Å². The Labute approximate surface area is 142 Å². The SMILES string of the molecule is CCCCCC1OCC(C#N)(C(=O)Oc2ccc(OC)cc2)CO1. The number of nitrogens with zero attached hydrogens (tertiary/aromatic N) is 1. The van der Waals surface area contributed by atoms with Crippen LogP contribution in [0.25, 0.3) is 0 Å². The van der Waals surface area contributed by atoms with Crippen molar-refractivity contribution in [3.05, 3.63) is 24.3 Å². The van der Waals surface area contributed by atoms with E-state index in [1.54, 1.807) is 31.4 Å². The molecule has 1 aliphatic heterocycles. The van der Waals surface area contributed by atoms with Crippen LogP contribution < -0.4 is 9.47 Å². The van der Waals surface area contributed by atoms with Crippen LogP contribution in [-0.4, -0.2) is 32.6 Å². The predicted octanol–water partition coefficient (Wildman–Crippen LogP) is 3.06. The van der Waals surface area contributed by atoms with Crippen LogP contribution in [0.15, 0.2) is 24.3 Å². The Balaban J connectivity index is 1.92. The van der Waals surface area contributed by atoms with Gasteiger partial charge in [0.25, 0.3) is 0 Å². The minimum absolute atomic E-state index is 0.0186. The lowest BCUT2D eigenvalue weighted by atomic mass is 9.91. The zero-order valence-corrected chi connectivity index (χ0v) is 14.1. The molecule has 1 heterocycles. The van der Waals surface area contributed by atoms with Crippen molar-refractivity contribution in [2.45, 2.75) is 38.9 Å². The molecule has 0 aromatic heterocycles. The highest BCUT2D eigenvalue weighted by atomic mass is 16.7. The number of esters is 1. The number of carbonyl (C=O) groups is 1. The summed E-state index contributed by atoms with van der Waals surface area (Å²) in [6, 6.07) is 8.58. The molecule has 0 saturated carbocycles. The average Bonchev–Trinajstić information content (AvgIpc) is 2.63. The molecule has 0 aliphatic carbocycles. The van der Waals surface area contributed by atoms with Crippen LogP contribution in [-0.2, 0) is 14.3 Å². The molecule has 1 aromatic rings. The molecule has 130 valence electrons. The Bertz CT molecular complexity index is 570. The van der Waals surface area contributed by atoms with Crippen LogP contribution in [0.2, 0.25) is 0 Å². The number of unbranched alkanes of at least 4 members (excludes halogenated alkanes) is 2. The highest BCUT2D eigenvalue weighted by molar-refractivity contribution is 5.82. The summed E-state index contributed by atoms with van der Waals surface area (Å²) in [5, 5.41) is 9.44. The second-order valence-corrected chi connectivity index (χ2v) is 5.81. The minimum atomic E-state index is -1.43. The largest absolute Gasteiger partial charge is 0.497 e. The van der Waals surface area contributed by atoms with Gasteiger partial charge in [0, 0.05) is 0 Å². The summed E-state index contributed by atoms with van der Waals surface area (Å²) in [6.07, 6.45) is 3.63. The van der Waals surface area contributed by atoms with Gasteiger partial charge in [-0.3, -0.25) is 0 Å². The number of methoxy groups -OCH3 is 1. The van der Waals surface area contributed by atoms with E-state index in [1.807, 2.05) is 6.07 Å². The normalized spacial score (nSPS) is 23.3. The third kappa shape index (κ3) is 4.47. The van der Waals surface area contributed by atoms with Crippen LogP contribution in [0, 0.1) is 16.7 Å². The Morgan fingerprint density at radius 2 is 1.88 bits per heavy atom. The molecular weight excluding hydrogens is 310 g/mol. The predicted molar refractivity (Wildman–Crippen MR) is 86.5 cm³/mol. The minimum Gasteiger partial charge on any atom is -0.497 e. The first-order valence-corrected chi connectivity index (χ1v) is 8.14. The summed E-state index contributed by atoms with van der Waals surface area (Å²) in [4.78, 5) is 12.4. The van der Waals surface area contributed by atoms with Gasteiger partial charge in [-0.15, -0.1) is 0 Å². The van der Waals surface area contributed by atoms with Gasteiger partial charge in [-0.05, 0) is 37.1 Å². The number of benzene rings is 1. The van der Waals surface area contributed by atoms with Crippen LogP contribution in [0.5, 0.6) is 11.5 Å². The Morgan fingerprint density at radius 1 is 1.25 bits per heavy atom. The number of rotatable bonds is 7. The van der Waals surface area contributed by atoms with Crippen LogP contribution in [0.3, 0.4) is 0 Å². The van der Waals surface area contributed by atoms with Crippen molar-refractivity contribution in [3.8, 4) is 17.6 Å². The molecule has 0 unspecified atom stereocenters. The number of hydrogen-bond donors (Lipinski definition) is 0. The van der Waals surface area contributed by atoms with E-state index in [9.17, 15) is 10.1 Å². The van der Waals surface area contributed by atoms with Gasteiger partial charge in [0.1, 0.15) is 11.5 Å². The van der Waals surface area contributed by atoms with E-state index in [0.29, 0.717) is 11.5 Å². The summed E-state index contributed by atoms with van der Waals surface area (Å²) >= 11 is 0. The first-order valence-electron chi connectivity index (χ1n) is 8.14. The lowest BCUT2D eigenvalue weighted by Crippen LogP contribution is -2.48. The summed E-state index contributed by atoms with van der Waals surface area (Å²) in [5.74, 6) is 0.340. The van der Waals surface area contributed by atoms with Gasteiger partial charge in [0.2, 0.25) is 5.41 Å². The highest BCUT2D eigenvalue weighted by Crippen LogP contribution is 2.29. The Kier molecular flexibility index (Phi) is 6.59. The summed E-state index contributed by atoms with van der Waals surface area (Å²) in [5.41, 5.74) is -1.43. The second-order valence-electron chi connectivity index (χ2n) is 5.81. The van der Waals surface area contributed by atoms with Crippen molar-refractivity contribution < 1.29 is 23.7 Å². The molecule has 6 nitrogen and oxygen atoms in total. The van der Waals surface area contributed by atoms with Crippen molar-refractivity contribution >= 4 is 5.97 Å². The monoisotopic (exact) mass is 333 g/mol. The Hall–Kier alpha value is -2.10. The molecule has 24 heavy (non-hydrogen) atoms. The molecule has 1 aliphatic rings. The molecular formula is C18H23NO5. The van der Waals surface area contributed by atoms with Crippen molar-refractivity contribution in [3.63, 3.8) is 0 Å². The zero-order chi connectivity index (χ0) is 17.4. The van der Waals surface area contributed by atoms with Gasteiger partial charge in [-0.2, -0.15) is 5.26 Å². The van der Waals surface area contributed by atoms with E-state index in [-0.39, 0.29) is 19.5 Å². The molecule has 2 rings (SSSR count). The van der Waals surface area contributed by atoms with Crippen LogP contribution >= 0.6 is 0 Å². The van der Waals surface area contributed by atoms with E-state index < -0.39 is 11.4 Å². The first kappa shape index (κ1) is 18.2. The maximum Gasteiger partial charge on any atom is 0.336 e. The molecule has 0 atom stereocenters. The number of hydrogen-bond acceptors (Lipinski definition) is 6. The van der Waals surface area contributed by atoms with Crippen LogP contribution in [0.1, 0.15) is 32.6 Å². The maximum atomic E-state index is 12.4. The van der Waals surface area contributed by atoms with E-state index in [0.717, 1.165) is 25.7 Å². The van der Waals surface area contributed by atoms with Crippen LogP contribution in [0.4, 0.5) is 0 Å². The average molecular weight is 333 g/mol. The molecule has 0 amide bonds. The van der Waals surface area contributed by atoms with E-state index in [4.69, 9.17) is 18.9 Å². The van der Waals surface area contributed by atoms with Crippen molar-refractivity contribution in [2.24, 2.45) is 5.41 Å². The van der Waals surface area contributed by atoms with Gasteiger partial charge < -0.3 is 18.9 Å². The summed E-state index contributed by atoms with van der Waals surface area (Å²) in [7, 11) is 1.55. The van der Waals surface area contributed by atoms with Gasteiger partial charge in [-0.25, -0.2) is 4.79 Å². The van der Waals surface area contributed by atoms with Gasteiger partial charge in [0.15, 0.2) is 6.29 Å². The number of nitriles is 1. The second kappa shape index (κ2) is 8.67. The highest BCUT2D eigenvalue weighted by Gasteiger charge is 2.46. The lowest BCUT2D eigenvalue weighted by Gasteiger charge is -2.33. The van der Waals surface area contributed by atoms with Crippen molar-refractivity contribution in [1.29, 1.82) is 5.26 Å².